The van der Waals surface area contributed by atoms with Gasteiger partial charge >= 0.3 is 5.97 Å². The van der Waals surface area contributed by atoms with E-state index in [1.54, 1.807) is 6.07 Å². The van der Waals surface area contributed by atoms with Crippen LogP contribution in [0.3, 0.4) is 0 Å². The molecule has 1 fully saturated rings. The van der Waals surface area contributed by atoms with Crippen molar-refractivity contribution in [2.45, 2.75) is 31.6 Å². The molecule has 1 N–H and O–H groups in total. The van der Waals surface area contributed by atoms with Crippen molar-refractivity contribution in [2.24, 2.45) is 0 Å². The molecule has 1 saturated heterocycles. The number of hydrogen-bond acceptors (Lipinski definition) is 5. The number of hydrogen-bond donors (Lipinski definition) is 1. The third-order valence-corrected chi connectivity index (χ3v) is 5.37. The number of esters is 1. The monoisotopic (exact) mass is 367 g/mol. The molecule has 0 saturated carbocycles. The minimum Gasteiger partial charge on any atom is -0.508 e. The Morgan fingerprint density at radius 3 is 2.63 bits per heavy atom. The number of piperidine rings is 1. The van der Waals surface area contributed by atoms with Gasteiger partial charge in [0.05, 0.1) is 6.42 Å². The maximum atomic E-state index is 11.9. The average molecular weight is 367 g/mol. The lowest BCUT2D eigenvalue weighted by molar-refractivity contribution is -0.135. The van der Waals surface area contributed by atoms with E-state index < -0.39 is 0 Å². The Bertz CT molecular complexity index is 796. The molecule has 4 rings (SSSR count). The van der Waals surface area contributed by atoms with Crippen molar-refractivity contribution in [3.63, 3.8) is 0 Å². The van der Waals surface area contributed by atoms with Crippen molar-refractivity contribution in [1.82, 2.24) is 4.90 Å². The molecule has 0 bridgehead atoms. The van der Waals surface area contributed by atoms with Crippen LogP contribution in [0, 0.1) is 0 Å². The van der Waals surface area contributed by atoms with Crippen LogP contribution < -0.4 is 9.47 Å². The van der Waals surface area contributed by atoms with Gasteiger partial charge in [0.2, 0.25) is 0 Å². The molecule has 0 aromatic heterocycles. The number of carbonyl (C=O) groups excluding carboxylic acids is 1. The second-order valence-electron chi connectivity index (χ2n) is 7.27. The van der Waals surface area contributed by atoms with Crippen molar-refractivity contribution in [1.29, 1.82) is 0 Å². The van der Waals surface area contributed by atoms with Crippen molar-refractivity contribution in [3.05, 3.63) is 53.6 Å². The Kier molecular flexibility index (Phi) is 5.30. The highest BCUT2D eigenvalue weighted by Gasteiger charge is 2.28. The molecule has 1 unspecified atom stereocenters. The molecule has 0 spiro atoms. The largest absolute Gasteiger partial charge is 0.508 e. The number of phenols is 1. The number of aromatic hydroxyl groups is 1. The molecule has 5 heteroatoms. The minimum absolute atomic E-state index is 0.0655. The van der Waals surface area contributed by atoms with E-state index in [1.807, 2.05) is 30.3 Å². The van der Waals surface area contributed by atoms with Crippen molar-refractivity contribution >= 4 is 5.97 Å². The van der Waals surface area contributed by atoms with Gasteiger partial charge < -0.3 is 14.6 Å². The molecule has 2 aliphatic rings. The van der Waals surface area contributed by atoms with E-state index >= 15 is 0 Å². The summed E-state index contributed by atoms with van der Waals surface area (Å²) in [6, 6.07) is 12.9. The maximum absolute atomic E-state index is 11.9. The summed E-state index contributed by atoms with van der Waals surface area (Å²) < 4.78 is 11.2. The molecule has 0 amide bonds. The molecular weight excluding hydrogens is 342 g/mol. The van der Waals surface area contributed by atoms with Crippen LogP contribution >= 0.6 is 0 Å². The summed E-state index contributed by atoms with van der Waals surface area (Å²) in [5, 5.41) is 9.63. The highest BCUT2D eigenvalue weighted by atomic mass is 16.5. The first-order chi connectivity index (χ1) is 13.2. The molecule has 2 aliphatic heterocycles. The molecular formula is C22H25NO4. The van der Waals surface area contributed by atoms with E-state index in [4.69, 9.17) is 9.47 Å². The zero-order valence-corrected chi connectivity index (χ0v) is 15.4. The lowest BCUT2D eigenvalue weighted by atomic mass is 9.86. The molecule has 2 heterocycles. The van der Waals surface area contributed by atoms with E-state index in [0.29, 0.717) is 18.8 Å². The maximum Gasteiger partial charge on any atom is 0.312 e. The summed E-state index contributed by atoms with van der Waals surface area (Å²) in [6.45, 7) is 4.01. The third kappa shape index (κ3) is 4.25. The molecule has 0 radical (unpaired) electrons. The van der Waals surface area contributed by atoms with Crippen LogP contribution in [0.5, 0.6) is 17.2 Å². The van der Waals surface area contributed by atoms with Crippen LogP contribution in [0.2, 0.25) is 0 Å². The fourth-order valence-corrected chi connectivity index (χ4v) is 3.91. The Balaban J connectivity index is 1.41. The first-order valence-corrected chi connectivity index (χ1v) is 9.68. The van der Waals surface area contributed by atoms with Crippen LogP contribution in [-0.4, -0.2) is 42.2 Å². The van der Waals surface area contributed by atoms with Gasteiger partial charge in [-0.05, 0) is 49.7 Å². The first kappa shape index (κ1) is 17.9. The Hall–Kier alpha value is -2.53. The number of rotatable bonds is 5. The molecule has 1 atom stereocenters. The van der Waals surface area contributed by atoms with Gasteiger partial charge in [-0.25, -0.2) is 0 Å². The summed E-state index contributed by atoms with van der Waals surface area (Å²) in [7, 11) is 0. The van der Waals surface area contributed by atoms with Gasteiger partial charge in [-0.15, -0.1) is 0 Å². The van der Waals surface area contributed by atoms with E-state index in [9.17, 15) is 9.90 Å². The second-order valence-corrected chi connectivity index (χ2v) is 7.27. The van der Waals surface area contributed by atoms with Gasteiger partial charge in [-0.2, -0.15) is 0 Å². The predicted octanol–water partition coefficient (Wildman–Crippen LogP) is 3.70. The van der Waals surface area contributed by atoms with Gasteiger partial charge in [0.25, 0.3) is 0 Å². The van der Waals surface area contributed by atoms with Crippen molar-refractivity contribution in [3.8, 4) is 17.2 Å². The summed E-state index contributed by atoms with van der Waals surface area (Å²) in [5.74, 6) is 1.04. The minimum atomic E-state index is -0.278. The number of likely N-dealkylation sites (tertiary alicyclic amines) is 1. The van der Waals surface area contributed by atoms with Crippen molar-refractivity contribution in [2.75, 3.05) is 26.2 Å². The fraction of sp³-hybridized carbons (Fsp3) is 0.409. The Morgan fingerprint density at radius 1 is 1.07 bits per heavy atom. The standard InChI is InChI=1S/C22H25NO4/c24-17-6-9-19-20(15-22(25)27-21(19)14-17)16-4-7-18(8-5-16)26-13-12-23-10-2-1-3-11-23/h4-9,14,20,24H,1-3,10-13,15H2. The molecule has 0 aliphatic carbocycles. The zero-order chi connectivity index (χ0) is 18.6. The fourth-order valence-electron chi connectivity index (χ4n) is 3.91. The van der Waals surface area contributed by atoms with E-state index in [2.05, 4.69) is 4.90 Å². The Morgan fingerprint density at radius 2 is 1.85 bits per heavy atom. The number of phenolic OH excluding ortho intramolecular Hbond substituents is 1. The quantitative estimate of drug-likeness (QED) is 0.645. The van der Waals surface area contributed by atoms with Crippen LogP contribution in [0.4, 0.5) is 0 Å². The number of carbonyl (C=O) groups is 1. The molecule has 2 aromatic rings. The van der Waals surface area contributed by atoms with Crippen LogP contribution in [0.25, 0.3) is 0 Å². The summed E-state index contributed by atoms with van der Waals surface area (Å²) in [5.41, 5.74) is 1.97. The highest BCUT2D eigenvalue weighted by Crippen LogP contribution is 2.40. The third-order valence-electron chi connectivity index (χ3n) is 5.37. The number of nitrogens with zero attached hydrogens (tertiary/aromatic N) is 1. The normalized spacial score (nSPS) is 20.0. The van der Waals surface area contributed by atoms with Crippen LogP contribution in [0.1, 0.15) is 42.7 Å². The van der Waals surface area contributed by atoms with Gasteiger partial charge in [-0.1, -0.05) is 24.6 Å². The number of benzene rings is 2. The molecule has 27 heavy (non-hydrogen) atoms. The second kappa shape index (κ2) is 8.01. The number of fused-ring (bicyclic) bond motifs is 1. The van der Waals surface area contributed by atoms with Crippen LogP contribution in [-0.2, 0) is 4.79 Å². The molecule has 2 aromatic carbocycles. The highest BCUT2D eigenvalue weighted by molar-refractivity contribution is 5.78. The summed E-state index contributed by atoms with van der Waals surface area (Å²) >= 11 is 0. The number of ether oxygens (including phenoxy) is 2. The van der Waals surface area contributed by atoms with Gasteiger partial charge in [0, 0.05) is 24.1 Å². The summed E-state index contributed by atoms with van der Waals surface area (Å²) in [4.78, 5) is 14.4. The molecule has 5 nitrogen and oxygen atoms in total. The smallest absolute Gasteiger partial charge is 0.312 e. The van der Waals surface area contributed by atoms with Crippen molar-refractivity contribution < 1.29 is 19.4 Å². The topological polar surface area (TPSA) is 59.0 Å². The Labute approximate surface area is 159 Å². The van der Waals surface area contributed by atoms with E-state index in [0.717, 1.165) is 23.4 Å². The van der Waals surface area contributed by atoms with Gasteiger partial charge in [0.1, 0.15) is 23.9 Å². The van der Waals surface area contributed by atoms with E-state index in [1.165, 1.54) is 38.4 Å². The molecule has 142 valence electrons. The van der Waals surface area contributed by atoms with Gasteiger partial charge in [0.15, 0.2) is 0 Å². The van der Waals surface area contributed by atoms with E-state index in [-0.39, 0.29) is 17.6 Å². The zero-order valence-electron chi connectivity index (χ0n) is 15.4. The SMILES string of the molecule is O=C1CC(c2ccc(OCCN3CCCCC3)cc2)c2ccc(O)cc2O1. The predicted molar refractivity (Wildman–Crippen MR) is 102 cm³/mol. The van der Waals surface area contributed by atoms with Crippen LogP contribution in [0.15, 0.2) is 42.5 Å². The lowest BCUT2D eigenvalue weighted by Gasteiger charge is -2.26. The average Bonchev–Trinajstić information content (AvgIpc) is 2.68. The summed E-state index contributed by atoms with van der Waals surface area (Å²) in [6.07, 6.45) is 4.22. The van der Waals surface area contributed by atoms with Gasteiger partial charge in [-0.3, -0.25) is 9.69 Å². The lowest BCUT2D eigenvalue weighted by Crippen LogP contribution is -2.33. The first-order valence-electron chi connectivity index (χ1n) is 9.68.